The molecule has 0 saturated heterocycles. The van der Waals surface area contributed by atoms with E-state index in [1.54, 1.807) is 6.07 Å². The lowest BCUT2D eigenvalue weighted by Crippen LogP contribution is -2.25. The third-order valence-corrected chi connectivity index (χ3v) is 6.20. The molecule has 0 saturated carbocycles. The summed E-state index contributed by atoms with van der Waals surface area (Å²) < 4.78 is 117. The summed E-state index contributed by atoms with van der Waals surface area (Å²) in [5.41, 5.74) is -1.70. The number of rotatable bonds is 9. The minimum atomic E-state index is -4.73. The van der Waals surface area contributed by atoms with E-state index in [9.17, 15) is 35.1 Å². The first-order chi connectivity index (χ1) is 16.8. The molecule has 0 amide bonds. The minimum absolute atomic E-state index is 0.0374. The maximum atomic E-state index is 14.8. The van der Waals surface area contributed by atoms with Gasteiger partial charge in [-0.15, -0.1) is 0 Å². The van der Waals surface area contributed by atoms with Gasteiger partial charge in [0, 0.05) is 17.7 Å². The Kier molecular flexibility index (Phi) is 8.31. The molecule has 0 spiro atoms. The van der Waals surface area contributed by atoms with E-state index >= 15 is 0 Å². The summed E-state index contributed by atoms with van der Waals surface area (Å²) in [6.45, 7) is 6.14. The second-order valence-corrected chi connectivity index (χ2v) is 8.87. The van der Waals surface area contributed by atoms with Crippen LogP contribution in [0.3, 0.4) is 0 Å². The van der Waals surface area contributed by atoms with Gasteiger partial charge < -0.3 is 4.74 Å². The smallest absolute Gasteiger partial charge is 0.429 e. The summed E-state index contributed by atoms with van der Waals surface area (Å²) in [6, 6.07) is 5.40. The zero-order valence-electron chi connectivity index (χ0n) is 19.7. The van der Waals surface area contributed by atoms with E-state index in [0.29, 0.717) is 23.6 Å². The molecule has 0 aliphatic rings. The molecule has 2 unspecified atom stereocenters. The average molecular weight is 516 g/mol. The van der Waals surface area contributed by atoms with E-state index in [4.69, 9.17) is 0 Å². The third kappa shape index (κ3) is 5.99. The van der Waals surface area contributed by atoms with Crippen molar-refractivity contribution in [1.82, 2.24) is 0 Å². The van der Waals surface area contributed by atoms with Gasteiger partial charge in [-0.3, -0.25) is 0 Å². The van der Waals surface area contributed by atoms with E-state index in [-0.39, 0.29) is 29.2 Å². The van der Waals surface area contributed by atoms with Crippen LogP contribution in [0.15, 0.2) is 42.5 Å². The molecule has 3 rings (SSSR count). The maximum Gasteiger partial charge on any atom is 0.432 e. The van der Waals surface area contributed by atoms with Crippen LogP contribution < -0.4 is 4.74 Å². The van der Waals surface area contributed by atoms with Crippen molar-refractivity contribution in [3.05, 3.63) is 88.5 Å². The van der Waals surface area contributed by atoms with Crippen LogP contribution in [0.5, 0.6) is 5.75 Å². The topological polar surface area (TPSA) is 9.23 Å². The number of hydrogen-bond acceptors (Lipinski definition) is 1. The molecular weight excluding hydrogens is 492 g/mol. The number of halogens is 8. The molecule has 3 aromatic rings. The summed E-state index contributed by atoms with van der Waals surface area (Å²) in [5, 5.41) is 0. The Labute approximate surface area is 203 Å². The molecule has 0 aliphatic carbocycles. The molecule has 1 nitrogen and oxygen atoms in total. The Morgan fingerprint density at radius 2 is 1.33 bits per heavy atom. The molecule has 2 atom stereocenters. The number of ether oxygens (including phenoxy) is 1. The Hall–Kier alpha value is -3.10. The lowest BCUT2D eigenvalue weighted by Gasteiger charge is -2.20. The normalized spacial score (nSPS) is 13.5. The van der Waals surface area contributed by atoms with Gasteiger partial charge in [-0.1, -0.05) is 45.7 Å². The van der Waals surface area contributed by atoms with Gasteiger partial charge in [0.2, 0.25) is 0 Å². The van der Waals surface area contributed by atoms with Crippen molar-refractivity contribution < 1.29 is 39.9 Å². The highest BCUT2D eigenvalue weighted by molar-refractivity contribution is 5.65. The van der Waals surface area contributed by atoms with Crippen molar-refractivity contribution in [3.8, 4) is 16.9 Å². The van der Waals surface area contributed by atoms with Crippen LogP contribution >= 0.6 is 0 Å². The monoisotopic (exact) mass is 516 g/mol. The van der Waals surface area contributed by atoms with Gasteiger partial charge in [0.1, 0.15) is 28.8 Å². The van der Waals surface area contributed by atoms with Crippen LogP contribution in [0.1, 0.15) is 57.1 Å². The predicted molar refractivity (Wildman–Crippen MR) is 120 cm³/mol. The predicted octanol–water partition coefficient (Wildman–Crippen LogP) is 9.25. The van der Waals surface area contributed by atoms with Crippen molar-refractivity contribution >= 4 is 0 Å². The van der Waals surface area contributed by atoms with Gasteiger partial charge in [0.25, 0.3) is 0 Å². The van der Waals surface area contributed by atoms with Crippen molar-refractivity contribution in [3.63, 3.8) is 0 Å². The summed E-state index contributed by atoms with van der Waals surface area (Å²) in [4.78, 5) is 0. The average Bonchev–Trinajstić information content (AvgIpc) is 2.79. The minimum Gasteiger partial charge on any atom is -0.429 e. The molecule has 0 aliphatic heterocycles. The molecule has 0 N–H and O–H groups in total. The van der Waals surface area contributed by atoms with Crippen LogP contribution in [-0.4, -0.2) is 0 Å². The van der Waals surface area contributed by atoms with Crippen molar-refractivity contribution in [2.75, 3.05) is 0 Å². The quantitative estimate of drug-likeness (QED) is 0.203. The SMILES string of the molecule is CCC(C)CCC(C)c1ccc(-c2cc(F)c(C(F)(F)Oc3cc(F)c(F)c(F)c3)c(F)c2)c(F)c1. The second-order valence-electron chi connectivity index (χ2n) is 8.87. The van der Waals surface area contributed by atoms with Crippen LogP contribution in [0.2, 0.25) is 0 Å². The standard InChI is InChI=1S/C27H24F8O/c1-4-14(2)5-6-15(3)16-7-8-19(20(28)9-16)17-10-21(29)25(22(30)11-17)27(34,35)36-18-12-23(31)26(33)24(32)13-18/h7-15H,4-6H2,1-3H3. The van der Waals surface area contributed by atoms with Gasteiger partial charge >= 0.3 is 6.11 Å². The van der Waals surface area contributed by atoms with E-state index in [1.165, 1.54) is 12.1 Å². The Bertz CT molecular complexity index is 1190. The zero-order valence-corrected chi connectivity index (χ0v) is 19.7. The van der Waals surface area contributed by atoms with Crippen LogP contribution in [0.4, 0.5) is 35.1 Å². The van der Waals surface area contributed by atoms with Gasteiger partial charge in [0.15, 0.2) is 17.5 Å². The van der Waals surface area contributed by atoms with E-state index in [2.05, 4.69) is 18.6 Å². The molecule has 0 fully saturated rings. The fourth-order valence-electron chi connectivity index (χ4n) is 3.77. The highest BCUT2D eigenvalue weighted by Gasteiger charge is 2.41. The van der Waals surface area contributed by atoms with Gasteiger partial charge in [-0.05, 0) is 47.6 Å². The first-order valence-electron chi connectivity index (χ1n) is 11.3. The van der Waals surface area contributed by atoms with E-state index < -0.39 is 52.3 Å². The summed E-state index contributed by atoms with van der Waals surface area (Å²) in [7, 11) is 0. The van der Waals surface area contributed by atoms with Crippen molar-refractivity contribution in [2.45, 2.75) is 52.1 Å². The first kappa shape index (κ1) is 27.5. The molecule has 194 valence electrons. The summed E-state index contributed by atoms with van der Waals surface area (Å²) in [5.74, 6) is -10.6. The van der Waals surface area contributed by atoms with E-state index in [1.807, 2.05) is 6.92 Å². The van der Waals surface area contributed by atoms with E-state index in [0.717, 1.165) is 19.3 Å². The van der Waals surface area contributed by atoms with Crippen molar-refractivity contribution in [1.29, 1.82) is 0 Å². The second kappa shape index (κ2) is 10.9. The highest BCUT2D eigenvalue weighted by Crippen LogP contribution is 2.38. The summed E-state index contributed by atoms with van der Waals surface area (Å²) in [6.07, 6.45) is -1.93. The summed E-state index contributed by atoms with van der Waals surface area (Å²) >= 11 is 0. The van der Waals surface area contributed by atoms with Crippen LogP contribution in [0.25, 0.3) is 11.1 Å². The van der Waals surface area contributed by atoms with Gasteiger partial charge in [-0.2, -0.15) is 8.78 Å². The van der Waals surface area contributed by atoms with Crippen LogP contribution in [-0.2, 0) is 6.11 Å². The molecule has 3 aromatic carbocycles. The van der Waals surface area contributed by atoms with Gasteiger partial charge in [-0.25, -0.2) is 26.3 Å². The third-order valence-electron chi connectivity index (χ3n) is 6.20. The molecule has 36 heavy (non-hydrogen) atoms. The molecular formula is C27H24F8O. The maximum absolute atomic E-state index is 14.8. The molecule has 0 aromatic heterocycles. The fraction of sp³-hybridized carbons (Fsp3) is 0.333. The molecule has 9 heteroatoms. The Morgan fingerprint density at radius 3 is 1.86 bits per heavy atom. The highest BCUT2D eigenvalue weighted by atomic mass is 19.3. The lowest BCUT2D eigenvalue weighted by atomic mass is 9.90. The Morgan fingerprint density at radius 1 is 0.750 bits per heavy atom. The molecule has 0 radical (unpaired) electrons. The first-order valence-corrected chi connectivity index (χ1v) is 11.3. The lowest BCUT2D eigenvalue weighted by molar-refractivity contribution is -0.189. The number of benzene rings is 3. The Balaban J connectivity index is 1.88. The van der Waals surface area contributed by atoms with Gasteiger partial charge in [0.05, 0.1) is 0 Å². The number of alkyl halides is 2. The zero-order chi connectivity index (χ0) is 26.8. The molecule has 0 heterocycles. The number of hydrogen-bond donors (Lipinski definition) is 0. The van der Waals surface area contributed by atoms with Crippen LogP contribution in [0, 0.1) is 40.8 Å². The largest absolute Gasteiger partial charge is 0.432 e. The van der Waals surface area contributed by atoms with Crippen molar-refractivity contribution in [2.24, 2.45) is 5.92 Å². The fourth-order valence-corrected chi connectivity index (χ4v) is 3.77. The molecule has 0 bridgehead atoms.